The van der Waals surface area contributed by atoms with Crippen LogP contribution in [-0.4, -0.2) is 0 Å². The molecule has 0 aliphatic rings. The molecule has 0 spiro atoms. The molecular formula is C18H20. The fourth-order valence-electron chi connectivity index (χ4n) is 1.85. The molecule has 2 aromatic carbocycles. The summed E-state index contributed by atoms with van der Waals surface area (Å²) >= 11 is 0. The van der Waals surface area contributed by atoms with Crippen LogP contribution in [-0.2, 0) is 5.41 Å². The molecule has 0 bridgehead atoms. The van der Waals surface area contributed by atoms with Crippen molar-refractivity contribution < 1.29 is 0 Å². The molecule has 18 heavy (non-hydrogen) atoms. The van der Waals surface area contributed by atoms with Gasteiger partial charge in [0.2, 0.25) is 0 Å². The second-order valence-corrected chi connectivity index (χ2v) is 5.62. The first-order valence-electron chi connectivity index (χ1n) is 6.39. The maximum absolute atomic E-state index is 2.24. The molecule has 0 aliphatic heterocycles. The van der Waals surface area contributed by atoms with Gasteiger partial charge in [0.25, 0.3) is 0 Å². The van der Waals surface area contributed by atoms with Gasteiger partial charge in [-0.05, 0) is 22.1 Å². The Labute approximate surface area is 110 Å². The van der Waals surface area contributed by atoms with Crippen molar-refractivity contribution in [2.24, 2.45) is 0 Å². The van der Waals surface area contributed by atoms with E-state index in [2.05, 4.69) is 81.5 Å². The predicted molar refractivity (Wildman–Crippen MR) is 80.5 cm³/mol. The van der Waals surface area contributed by atoms with E-state index in [1.54, 1.807) is 0 Å². The van der Waals surface area contributed by atoms with Crippen molar-refractivity contribution in [1.82, 2.24) is 0 Å². The summed E-state index contributed by atoms with van der Waals surface area (Å²) in [5, 5.41) is 0. The van der Waals surface area contributed by atoms with Crippen molar-refractivity contribution in [3.63, 3.8) is 0 Å². The monoisotopic (exact) mass is 236 g/mol. The van der Waals surface area contributed by atoms with Crippen LogP contribution < -0.4 is 0 Å². The first-order valence-corrected chi connectivity index (χ1v) is 6.39. The molecule has 0 amide bonds. The lowest BCUT2D eigenvalue weighted by molar-refractivity contribution is 0.590. The van der Waals surface area contributed by atoms with E-state index in [-0.39, 0.29) is 5.41 Å². The molecule has 0 nitrogen and oxygen atoms in total. The van der Waals surface area contributed by atoms with E-state index in [1.165, 1.54) is 16.7 Å². The minimum atomic E-state index is 0.224. The van der Waals surface area contributed by atoms with Gasteiger partial charge in [-0.25, -0.2) is 0 Å². The summed E-state index contributed by atoms with van der Waals surface area (Å²) in [7, 11) is 0. The van der Waals surface area contributed by atoms with E-state index in [9.17, 15) is 0 Å². The summed E-state index contributed by atoms with van der Waals surface area (Å²) < 4.78 is 0. The fraction of sp³-hybridized carbons (Fsp3) is 0.222. The van der Waals surface area contributed by atoms with Crippen LogP contribution in [0.25, 0.3) is 12.2 Å². The van der Waals surface area contributed by atoms with Crippen molar-refractivity contribution in [2.75, 3.05) is 0 Å². The molecule has 0 saturated heterocycles. The molecule has 0 N–H and O–H groups in total. The Morgan fingerprint density at radius 2 is 1.17 bits per heavy atom. The highest BCUT2D eigenvalue weighted by atomic mass is 14.2. The zero-order valence-electron chi connectivity index (χ0n) is 11.4. The molecule has 0 atom stereocenters. The van der Waals surface area contributed by atoms with Gasteiger partial charge in [0.05, 0.1) is 0 Å². The summed E-state index contributed by atoms with van der Waals surface area (Å²) in [6.45, 7) is 6.71. The molecule has 0 unspecified atom stereocenters. The SMILES string of the molecule is CC(C)(C)c1ccc(/C=C/c2ccccc2)cc1. The van der Waals surface area contributed by atoms with E-state index < -0.39 is 0 Å². The van der Waals surface area contributed by atoms with Crippen LogP contribution in [0.3, 0.4) is 0 Å². The van der Waals surface area contributed by atoms with Gasteiger partial charge in [-0.3, -0.25) is 0 Å². The average molecular weight is 236 g/mol. The van der Waals surface area contributed by atoms with E-state index >= 15 is 0 Å². The summed E-state index contributed by atoms with van der Waals surface area (Å²) in [6.07, 6.45) is 4.30. The molecule has 0 fully saturated rings. The number of hydrogen-bond donors (Lipinski definition) is 0. The van der Waals surface area contributed by atoms with Gasteiger partial charge < -0.3 is 0 Å². The highest BCUT2D eigenvalue weighted by molar-refractivity contribution is 5.69. The fourth-order valence-corrected chi connectivity index (χ4v) is 1.85. The van der Waals surface area contributed by atoms with Gasteiger partial charge in [-0.2, -0.15) is 0 Å². The first kappa shape index (κ1) is 12.6. The molecule has 92 valence electrons. The summed E-state index contributed by atoms with van der Waals surface area (Å²) in [5.74, 6) is 0. The average Bonchev–Trinajstić information content (AvgIpc) is 2.37. The number of rotatable bonds is 2. The Hall–Kier alpha value is -1.82. The number of benzene rings is 2. The Morgan fingerprint density at radius 1 is 0.667 bits per heavy atom. The molecule has 0 aromatic heterocycles. The molecule has 2 rings (SSSR count). The van der Waals surface area contributed by atoms with Gasteiger partial charge in [0, 0.05) is 0 Å². The lowest BCUT2D eigenvalue weighted by Gasteiger charge is -2.18. The molecule has 0 radical (unpaired) electrons. The predicted octanol–water partition coefficient (Wildman–Crippen LogP) is 5.15. The zero-order chi connectivity index (χ0) is 13.0. The number of hydrogen-bond acceptors (Lipinski definition) is 0. The Balaban J connectivity index is 2.14. The van der Waals surface area contributed by atoms with Crippen molar-refractivity contribution in [1.29, 1.82) is 0 Å². The van der Waals surface area contributed by atoms with Gasteiger partial charge in [-0.1, -0.05) is 87.5 Å². The van der Waals surface area contributed by atoms with Crippen molar-refractivity contribution >= 4 is 12.2 Å². The third-order valence-electron chi connectivity index (χ3n) is 3.04. The van der Waals surface area contributed by atoms with Crippen LogP contribution in [0.1, 0.15) is 37.5 Å². The standard InChI is InChI=1S/C18H20/c1-18(2,3)17-13-11-16(12-14-17)10-9-15-7-5-4-6-8-15/h4-14H,1-3H3/b10-9+. The van der Waals surface area contributed by atoms with E-state index in [0.29, 0.717) is 0 Å². The highest BCUT2D eigenvalue weighted by Gasteiger charge is 2.12. The molecular weight excluding hydrogens is 216 g/mol. The third-order valence-corrected chi connectivity index (χ3v) is 3.04. The summed E-state index contributed by atoms with van der Waals surface area (Å²) in [5.41, 5.74) is 4.07. The highest BCUT2D eigenvalue weighted by Crippen LogP contribution is 2.22. The van der Waals surface area contributed by atoms with E-state index in [1.807, 2.05) is 6.07 Å². The van der Waals surface area contributed by atoms with Crippen LogP contribution in [0, 0.1) is 0 Å². The van der Waals surface area contributed by atoms with Crippen LogP contribution in [0.15, 0.2) is 54.6 Å². The van der Waals surface area contributed by atoms with Crippen LogP contribution in [0.4, 0.5) is 0 Å². The molecule has 0 aliphatic carbocycles. The maximum atomic E-state index is 2.24. The van der Waals surface area contributed by atoms with Crippen molar-refractivity contribution in [2.45, 2.75) is 26.2 Å². The van der Waals surface area contributed by atoms with Crippen LogP contribution in [0.5, 0.6) is 0 Å². The van der Waals surface area contributed by atoms with E-state index in [0.717, 1.165) is 0 Å². The normalized spacial score (nSPS) is 11.9. The molecule has 0 heterocycles. The second-order valence-electron chi connectivity index (χ2n) is 5.62. The summed E-state index contributed by atoms with van der Waals surface area (Å²) in [6, 6.07) is 19.2. The minimum absolute atomic E-state index is 0.224. The maximum Gasteiger partial charge on any atom is -0.0132 e. The lowest BCUT2D eigenvalue weighted by Crippen LogP contribution is -2.10. The van der Waals surface area contributed by atoms with Gasteiger partial charge in [0.1, 0.15) is 0 Å². The van der Waals surface area contributed by atoms with Gasteiger partial charge >= 0.3 is 0 Å². The largest absolute Gasteiger partial charge is 0.0622 e. The third kappa shape index (κ3) is 3.33. The Bertz CT molecular complexity index is 510. The zero-order valence-corrected chi connectivity index (χ0v) is 11.4. The lowest BCUT2D eigenvalue weighted by atomic mass is 9.87. The van der Waals surface area contributed by atoms with Crippen molar-refractivity contribution in [3.05, 3.63) is 71.3 Å². The van der Waals surface area contributed by atoms with Gasteiger partial charge in [-0.15, -0.1) is 0 Å². The summed E-state index contributed by atoms with van der Waals surface area (Å²) in [4.78, 5) is 0. The topological polar surface area (TPSA) is 0 Å². The quantitative estimate of drug-likeness (QED) is 0.632. The van der Waals surface area contributed by atoms with Crippen LogP contribution in [0.2, 0.25) is 0 Å². The Morgan fingerprint density at radius 3 is 1.67 bits per heavy atom. The van der Waals surface area contributed by atoms with Gasteiger partial charge in [0.15, 0.2) is 0 Å². The molecule has 2 aromatic rings. The smallest absolute Gasteiger partial charge is 0.0132 e. The van der Waals surface area contributed by atoms with Crippen LogP contribution >= 0.6 is 0 Å². The van der Waals surface area contributed by atoms with E-state index in [4.69, 9.17) is 0 Å². The first-order chi connectivity index (χ1) is 8.55. The second kappa shape index (κ2) is 5.22. The molecule has 0 saturated carbocycles. The minimum Gasteiger partial charge on any atom is -0.0622 e. The Kier molecular flexibility index (Phi) is 3.66. The molecule has 0 heteroatoms. The van der Waals surface area contributed by atoms with Crippen molar-refractivity contribution in [3.8, 4) is 0 Å².